The van der Waals surface area contributed by atoms with Crippen LogP contribution in [0.5, 0.6) is 0 Å². The van der Waals surface area contributed by atoms with Crippen molar-refractivity contribution in [2.24, 2.45) is 0 Å². The SMILES string of the molecule is CN(C)C(=O)c1cc2cnc(Cc3n[nH]c(-c4csc5c(=O)cc(N6CCN(S(C)(=O)=O)CC6)oc45)cc3=O)nc2n1C1CCCC1. The van der Waals surface area contributed by atoms with Crippen LogP contribution in [0.25, 0.3) is 32.6 Å². The van der Waals surface area contributed by atoms with E-state index < -0.39 is 10.0 Å². The summed E-state index contributed by atoms with van der Waals surface area (Å²) in [7, 11) is 0.156. The molecule has 1 aliphatic heterocycles. The van der Waals surface area contributed by atoms with Crippen molar-refractivity contribution in [3.05, 3.63) is 67.4 Å². The summed E-state index contributed by atoms with van der Waals surface area (Å²) in [6.45, 7) is 1.32. The maximum atomic E-state index is 13.3. The highest BCUT2D eigenvalue weighted by molar-refractivity contribution is 7.88. The second-order valence-electron chi connectivity index (χ2n) is 12.3. The summed E-state index contributed by atoms with van der Waals surface area (Å²) >= 11 is 1.21. The molecule has 1 saturated heterocycles. The van der Waals surface area contributed by atoms with Gasteiger partial charge in [0.15, 0.2) is 11.5 Å². The summed E-state index contributed by atoms with van der Waals surface area (Å²) in [5, 5.41) is 9.83. The number of H-pyrrole nitrogens is 1. The standard InChI is InChI=1S/C31H34N8O6S2/c1-36(2)31(42)23-12-18-16-32-26(33-30(18)39(23)19-6-4-5-7-19)14-22-24(40)13-21(34-35-22)20-17-46-29-25(41)15-27(45-28(20)29)37-8-10-38(11-9-37)47(3,43)44/h12-13,15-17,19H,4-11,14H2,1-3H3,(H,34,40). The highest BCUT2D eigenvalue weighted by Gasteiger charge is 2.28. The Bertz CT molecular complexity index is 2240. The van der Waals surface area contributed by atoms with E-state index in [0.29, 0.717) is 57.7 Å². The second-order valence-corrected chi connectivity index (χ2v) is 15.1. The number of hydrogen-bond acceptors (Lipinski definition) is 11. The molecule has 246 valence electrons. The van der Waals surface area contributed by atoms with Gasteiger partial charge in [-0.05, 0) is 18.9 Å². The fourth-order valence-electron chi connectivity index (χ4n) is 6.41. The van der Waals surface area contributed by atoms with Gasteiger partial charge >= 0.3 is 0 Å². The van der Waals surface area contributed by atoms with Crippen molar-refractivity contribution in [3.63, 3.8) is 0 Å². The van der Waals surface area contributed by atoms with Gasteiger partial charge in [0.2, 0.25) is 20.9 Å². The zero-order valence-corrected chi connectivity index (χ0v) is 27.9. The predicted octanol–water partition coefficient (Wildman–Crippen LogP) is 2.84. The molecule has 2 aliphatic rings. The number of carbonyl (C=O) groups is 1. The third-order valence-corrected chi connectivity index (χ3v) is 11.2. The van der Waals surface area contributed by atoms with Crippen molar-refractivity contribution in [1.29, 1.82) is 0 Å². The first-order valence-corrected chi connectivity index (χ1v) is 18.1. The molecule has 2 fully saturated rings. The van der Waals surface area contributed by atoms with Gasteiger partial charge in [0, 0.05) is 75.4 Å². The van der Waals surface area contributed by atoms with Crippen LogP contribution in [0.2, 0.25) is 0 Å². The zero-order chi connectivity index (χ0) is 33.0. The number of anilines is 1. The number of sulfonamides is 1. The molecule has 1 aliphatic carbocycles. The Balaban J connectivity index is 1.17. The molecule has 1 amide bonds. The molecule has 0 atom stereocenters. The topological polar surface area (TPSA) is 168 Å². The largest absolute Gasteiger partial charge is 0.439 e. The molecule has 47 heavy (non-hydrogen) atoms. The lowest BCUT2D eigenvalue weighted by Crippen LogP contribution is -2.48. The van der Waals surface area contributed by atoms with E-state index in [0.717, 1.165) is 31.1 Å². The minimum Gasteiger partial charge on any atom is -0.439 e. The first-order valence-electron chi connectivity index (χ1n) is 15.4. The number of nitrogens with one attached hydrogen (secondary N) is 1. The Labute approximate surface area is 273 Å². The fourth-order valence-corrected chi connectivity index (χ4v) is 8.14. The molecule has 0 spiro atoms. The van der Waals surface area contributed by atoms with Crippen molar-refractivity contribution in [1.82, 2.24) is 33.9 Å². The summed E-state index contributed by atoms with van der Waals surface area (Å²) in [5.74, 6) is 0.660. The van der Waals surface area contributed by atoms with Gasteiger partial charge in [-0.1, -0.05) is 12.8 Å². The van der Waals surface area contributed by atoms with Gasteiger partial charge in [-0.15, -0.1) is 11.3 Å². The third kappa shape index (κ3) is 5.85. The summed E-state index contributed by atoms with van der Waals surface area (Å²) in [6, 6.07) is 4.86. The minimum absolute atomic E-state index is 0.0848. The van der Waals surface area contributed by atoms with E-state index in [1.54, 1.807) is 30.6 Å². The third-order valence-electron chi connectivity index (χ3n) is 8.88. The lowest BCUT2D eigenvalue weighted by atomic mass is 10.2. The Kier molecular flexibility index (Phi) is 7.96. The second kappa shape index (κ2) is 12.0. The number of carbonyl (C=O) groups excluding carboxylic acids is 1. The molecule has 14 nitrogen and oxygen atoms in total. The molecule has 0 unspecified atom stereocenters. The lowest BCUT2D eigenvalue weighted by Gasteiger charge is -2.33. The van der Waals surface area contributed by atoms with Crippen LogP contribution in [-0.4, -0.2) is 94.8 Å². The molecule has 1 N–H and O–H groups in total. The molecule has 7 rings (SSSR count). The van der Waals surface area contributed by atoms with Crippen molar-refractivity contribution in [2.45, 2.75) is 38.1 Å². The number of nitrogens with zero attached hydrogens (tertiary/aromatic N) is 7. The molecular formula is C31H34N8O6S2. The number of aromatic nitrogens is 5. The van der Waals surface area contributed by atoms with E-state index >= 15 is 0 Å². The molecule has 0 bridgehead atoms. The van der Waals surface area contributed by atoms with E-state index in [-0.39, 0.29) is 48.0 Å². The van der Waals surface area contributed by atoms with E-state index in [9.17, 15) is 22.8 Å². The summed E-state index contributed by atoms with van der Waals surface area (Å²) < 4.78 is 33.9. The Morgan fingerprint density at radius 3 is 2.51 bits per heavy atom. The minimum atomic E-state index is -3.30. The van der Waals surface area contributed by atoms with Gasteiger partial charge in [0.05, 0.1) is 23.9 Å². The van der Waals surface area contributed by atoms with Gasteiger partial charge in [-0.3, -0.25) is 19.5 Å². The summed E-state index contributed by atoms with van der Waals surface area (Å²) in [4.78, 5) is 52.1. The fraction of sp³-hybridized carbons (Fsp3) is 0.419. The number of aromatic amines is 1. The Morgan fingerprint density at radius 1 is 1.09 bits per heavy atom. The summed E-state index contributed by atoms with van der Waals surface area (Å²) in [6.07, 6.45) is 7.08. The number of amides is 1. The van der Waals surface area contributed by atoms with Gasteiger partial charge < -0.3 is 18.8 Å². The zero-order valence-electron chi connectivity index (χ0n) is 26.2. The first kappa shape index (κ1) is 31.2. The van der Waals surface area contributed by atoms with Gasteiger partial charge in [0.25, 0.3) is 5.91 Å². The van der Waals surface area contributed by atoms with Crippen molar-refractivity contribution < 1.29 is 17.6 Å². The Morgan fingerprint density at radius 2 is 1.83 bits per heavy atom. The van der Waals surface area contributed by atoms with E-state index in [1.807, 2.05) is 15.5 Å². The molecule has 16 heteroatoms. The van der Waals surface area contributed by atoms with Crippen LogP contribution in [0.3, 0.4) is 0 Å². The summed E-state index contributed by atoms with van der Waals surface area (Å²) in [5.41, 5.74) is 2.18. The highest BCUT2D eigenvalue weighted by atomic mass is 32.2. The van der Waals surface area contributed by atoms with Crippen LogP contribution in [-0.2, 0) is 16.4 Å². The molecule has 0 aromatic carbocycles. The average molecular weight is 679 g/mol. The number of thiophene rings is 1. The maximum Gasteiger partial charge on any atom is 0.270 e. The molecule has 0 radical (unpaired) electrons. The molecule has 1 saturated carbocycles. The maximum absolute atomic E-state index is 13.3. The van der Waals surface area contributed by atoms with E-state index in [4.69, 9.17) is 9.40 Å². The monoisotopic (exact) mass is 678 g/mol. The number of rotatable bonds is 7. The molecule has 6 heterocycles. The van der Waals surface area contributed by atoms with Crippen LogP contribution < -0.4 is 15.8 Å². The van der Waals surface area contributed by atoms with E-state index in [2.05, 4.69) is 15.2 Å². The first-order chi connectivity index (χ1) is 22.5. The predicted molar refractivity (Wildman–Crippen MR) is 179 cm³/mol. The highest BCUT2D eigenvalue weighted by Crippen LogP contribution is 2.35. The van der Waals surface area contributed by atoms with Crippen molar-refractivity contribution >= 4 is 54.5 Å². The van der Waals surface area contributed by atoms with Crippen LogP contribution in [0, 0.1) is 0 Å². The number of fused-ring (bicyclic) bond motifs is 2. The van der Waals surface area contributed by atoms with E-state index in [1.165, 1.54) is 34.0 Å². The van der Waals surface area contributed by atoms with Crippen molar-refractivity contribution in [3.8, 4) is 11.3 Å². The van der Waals surface area contributed by atoms with Crippen LogP contribution in [0.15, 0.2) is 43.8 Å². The van der Waals surface area contributed by atoms with Gasteiger partial charge in [-0.25, -0.2) is 18.4 Å². The number of hydrogen-bond donors (Lipinski definition) is 1. The molecular weight excluding hydrogens is 645 g/mol. The lowest BCUT2D eigenvalue weighted by molar-refractivity contribution is 0.0815. The van der Waals surface area contributed by atoms with Gasteiger partial charge in [0.1, 0.15) is 27.6 Å². The Hall–Kier alpha value is -4.41. The van der Waals surface area contributed by atoms with Crippen LogP contribution >= 0.6 is 11.3 Å². The van der Waals surface area contributed by atoms with Crippen LogP contribution in [0.1, 0.15) is 53.7 Å². The number of piperazine rings is 1. The quantitative estimate of drug-likeness (QED) is 0.270. The van der Waals surface area contributed by atoms with Crippen LogP contribution in [0.4, 0.5) is 5.88 Å². The van der Waals surface area contributed by atoms with Gasteiger partial charge in [-0.2, -0.15) is 9.40 Å². The smallest absolute Gasteiger partial charge is 0.270 e. The average Bonchev–Trinajstić information content (AvgIpc) is 3.80. The van der Waals surface area contributed by atoms with Crippen molar-refractivity contribution in [2.75, 3.05) is 51.4 Å². The normalized spacial score (nSPS) is 16.4. The molecule has 5 aromatic rings. The molecule has 5 aromatic heterocycles.